The molecule has 0 aliphatic carbocycles. The van der Waals surface area contributed by atoms with Crippen molar-refractivity contribution in [1.29, 1.82) is 5.26 Å². The number of nitriles is 1. The zero-order chi connectivity index (χ0) is 23.4. The number of hydrogen-bond acceptors (Lipinski definition) is 9. The minimum atomic E-state index is -0.0267. The van der Waals surface area contributed by atoms with Crippen molar-refractivity contribution in [2.24, 2.45) is 0 Å². The number of amides is 2. The molecule has 2 aromatic heterocycles. The fourth-order valence-corrected chi connectivity index (χ4v) is 4.46. The Morgan fingerprint density at radius 1 is 1.24 bits per heavy atom. The number of nitrogens with one attached hydrogen (secondary N) is 2. The zero-order valence-corrected chi connectivity index (χ0v) is 19.3. The first-order valence-corrected chi connectivity index (χ1v) is 11.3. The average Bonchev–Trinajstić information content (AvgIpc) is 3.19. The molecule has 10 nitrogen and oxygen atoms in total. The van der Waals surface area contributed by atoms with Crippen LogP contribution < -0.4 is 16.4 Å². The Morgan fingerprint density at radius 2 is 2.03 bits per heavy atom. The number of benzene rings is 1. The SMILES string of the molecule is CNC(=O)N1CCN(Cc2cc(C)cc(Nc3nccc(-c4nc(N)sc4C#N)n3)c2)CC1. The summed E-state index contributed by atoms with van der Waals surface area (Å²) in [5.74, 6) is 0.415. The number of anilines is 3. The van der Waals surface area contributed by atoms with E-state index < -0.39 is 0 Å². The summed E-state index contributed by atoms with van der Waals surface area (Å²) in [7, 11) is 1.66. The average molecular weight is 464 g/mol. The standard InChI is InChI=1S/C22H25N9OS/c1-14-9-15(13-30-5-7-31(8-6-30)22(32)25-2)11-16(10-14)27-21-26-4-3-17(28-21)19-18(12-23)33-20(24)29-19/h3-4,9-11H,5-8,13H2,1-2H3,(H2,24,29)(H,25,32)(H,26,27,28). The van der Waals surface area contributed by atoms with Gasteiger partial charge >= 0.3 is 6.03 Å². The highest BCUT2D eigenvalue weighted by Gasteiger charge is 2.20. The second kappa shape index (κ2) is 9.81. The fraction of sp³-hybridized carbons (Fsp3) is 0.318. The van der Waals surface area contributed by atoms with Crippen LogP contribution in [-0.4, -0.2) is 64.0 Å². The smallest absolute Gasteiger partial charge is 0.317 e. The van der Waals surface area contributed by atoms with Gasteiger partial charge in [-0.05, 0) is 36.2 Å². The van der Waals surface area contributed by atoms with Gasteiger partial charge < -0.3 is 21.3 Å². The largest absolute Gasteiger partial charge is 0.375 e. The van der Waals surface area contributed by atoms with Crippen molar-refractivity contribution >= 4 is 34.1 Å². The molecular formula is C22H25N9OS. The summed E-state index contributed by atoms with van der Waals surface area (Å²) in [5, 5.41) is 15.6. The van der Waals surface area contributed by atoms with Crippen molar-refractivity contribution in [3.8, 4) is 17.5 Å². The maximum atomic E-state index is 11.8. The lowest BCUT2D eigenvalue weighted by molar-refractivity contribution is 0.136. The first-order valence-electron chi connectivity index (χ1n) is 10.5. The van der Waals surface area contributed by atoms with Crippen molar-refractivity contribution < 1.29 is 4.79 Å². The van der Waals surface area contributed by atoms with E-state index in [4.69, 9.17) is 5.73 Å². The van der Waals surface area contributed by atoms with Gasteiger partial charge in [-0.25, -0.2) is 19.7 Å². The summed E-state index contributed by atoms with van der Waals surface area (Å²) in [6.45, 7) is 5.92. The highest BCUT2D eigenvalue weighted by Crippen LogP contribution is 2.28. The molecule has 0 unspecified atom stereocenters. The topological polar surface area (TPSA) is 136 Å². The molecule has 1 fully saturated rings. The number of hydrogen-bond donors (Lipinski definition) is 3. The Bertz CT molecular complexity index is 1190. The minimum absolute atomic E-state index is 0.0267. The van der Waals surface area contributed by atoms with Crippen LogP contribution in [-0.2, 0) is 6.54 Å². The van der Waals surface area contributed by atoms with E-state index in [9.17, 15) is 10.1 Å². The van der Waals surface area contributed by atoms with Crippen LogP contribution in [0.1, 0.15) is 16.0 Å². The van der Waals surface area contributed by atoms with Crippen LogP contribution in [0.3, 0.4) is 0 Å². The highest BCUT2D eigenvalue weighted by atomic mass is 32.1. The Balaban J connectivity index is 1.47. The number of urea groups is 1. The zero-order valence-electron chi connectivity index (χ0n) is 18.5. The van der Waals surface area contributed by atoms with Gasteiger partial charge in [-0.15, -0.1) is 0 Å². The number of carbonyl (C=O) groups excluding carboxylic acids is 1. The summed E-state index contributed by atoms with van der Waals surface area (Å²) >= 11 is 1.14. The molecule has 0 spiro atoms. The van der Waals surface area contributed by atoms with Crippen LogP contribution in [0.4, 0.5) is 21.6 Å². The molecule has 0 atom stereocenters. The van der Waals surface area contributed by atoms with Gasteiger partial charge in [0, 0.05) is 51.7 Å². The molecule has 11 heteroatoms. The van der Waals surface area contributed by atoms with Crippen LogP contribution in [0.5, 0.6) is 0 Å². The second-order valence-electron chi connectivity index (χ2n) is 7.76. The molecule has 0 saturated carbocycles. The molecule has 0 bridgehead atoms. The molecule has 2 amide bonds. The first-order chi connectivity index (χ1) is 15.9. The van der Waals surface area contributed by atoms with E-state index in [1.807, 2.05) is 17.9 Å². The van der Waals surface area contributed by atoms with Gasteiger partial charge in [0.05, 0.1) is 5.69 Å². The summed E-state index contributed by atoms with van der Waals surface area (Å²) in [6, 6.07) is 10.1. The number of nitrogens with zero attached hydrogens (tertiary/aromatic N) is 6. The van der Waals surface area contributed by atoms with Gasteiger partial charge in [0.1, 0.15) is 16.6 Å². The molecule has 0 radical (unpaired) electrons. The Labute approximate surface area is 196 Å². The Kier molecular flexibility index (Phi) is 6.67. The van der Waals surface area contributed by atoms with Crippen LogP contribution >= 0.6 is 11.3 Å². The lowest BCUT2D eigenvalue weighted by atomic mass is 10.1. The number of rotatable bonds is 5. The van der Waals surface area contributed by atoms with E-state index >= 15 is 0 Å². The predicted octanol–water partition coefficient (Wildman–Crippen LogP) is 2.56. The number of thiazole rings is 1. The van der Waals surface area contributed by atoms with Crippen molar-refractivity contribution in [1.82, 2.24) is 30.1 Å². The van der Waals surface area contributed by atoms with Gasteiger partial charge in [-0.3, -0.25) is 4.90 Å². The number of piperazine rings is 1. The highest BCUT2D eigenvalue weighted by molar-refractivity contribution is 7.16. The third-order valence-corrected chi connectivity index (χ3v) is 6.11. The van der Waals surface area contributed by atoms with Gasteiger partial charge in [0.25, 0.3) is 0 Å². The monoisotopic (exact) mass is 463 g/mol. The molecule has 3 aromatic rings. The lowest BCUT2D eigenvalue weighted by Crippen LogP contribution is -2.50. The van der Waals surface area contributed by atoms with Crippen LogP contribution in [0.15, 0.2) is 30.5 Å². The maximum absolute atomic E-state index is 11.8. The van der Waals surface area contributed by atoms with E-state index in [1.165, 1.54) is 5.56 Å². The maximum Gasteiger partial charge on any atom is 0.317 e. The normalized spacial score (nSPS) is 14.0. The summed E-state index contributed by atoms with van der Waals surface area (Å²) in [5.41, 5.74) is 9.94. The molecular weight excluding hydrogens is 438 g/mol. The number of aromatic nitrogens is 3. The summed E-state index contributed by atoms with van der Waals surface area (Å²) in [6.07, 6.45) is 1.63. The van der Waals surface area contributed by atoms with E-state index in [-0.39, 0.29) is 6.03 Å². The molecule has 33 heavy (non-hydrogen) atoms. The van der Waals surface area contributed by atoms with Crippen LogP contribution in [0.2, 0.25) is 0 Å². The van der Waals surface area contributed by atoms with E-state index in [0.29, 0.717) is 40.4 Å². The summed E-state index contributed by atoms with van der Waals surface area (Å²) in [4.78, 5) is 29.5. The second-order valence-corrected chi connectivity index (χ2v) is 8.79. The summed E-state index contributed by atoms with van der Waals surface area (Å²) < 4.78 is 0. The first kappa shape index (κ1) is 22.4. The molecule has 1 aliphatic rings. The van der Waals surface area contributed by atoms with Crippen molar-refractivity contribution in [2.75, 3.05) is 44.3 Å². The van der Waals surface area contributed by atoms with Crippen LogP contribution in [0.25, 0.3) is 11.4 Å². The fourth-order valence-electron chi connectivity index (χ4n) is 3.82. The molecule has 1 aliphatic heterocycles. The molecule has 4 rings (SSSR count). The lowest BCUT2D eigenvalue weighted by Gasteiger charge is -2.34. The number of nitrogen functional groups attached to an aromatic ring is 1. The van der Waals surface area contributed by atoms with E-state index in [1.54, 1.807) is 19.3 Å². The molecule has 3 heterocycles. The predicted molar refractivity (Wildman–Crippen MR) is 128 cm³/mol. The molecule has 1 saturated heterocycles. The Hall–Kier alpha value is -3.75. The number of carbonyl (C=O) groups is 1. The van der Waals surface area contributed by atoms with E-state index in [0.717, 1.165) is 42.2 Å². The van der Waals surface area contributed by atoms with Gasteiger partial charge in [-0.2, -0.15) is 5.26 Å². The van der Waals surface area contributed by atoms with Gasteiger partial charge in [0.15, 0.2) is 5.13 Å². The molecule has 4 N–H and O–H groups in total. The quantitative estimate of drug-likeness (QED) is 0.525. The van der Waals surface area contributed by atoms with Crippen LogP contribution in [0, 0.1) is 18.3 Å². The molecule has 1 aromatic carbocycles. The van der Waals surface area contributed by atoms with Crippen molar-refractivity contribution in [2.45, 2.75) is 13.5 Å². The molecule has 170 valence electrons. The van der Waals surface area contributed by atoms with Gasteiger partial charge in [-0.1, -0.05) is 17.4 Å². The van der Waals surface area contributed by atoms with E-state index in [2.05, 4.69) is 48.7 Å². The third kappa shape index (κ3) is 5.36. The third-order valence-electron chi connectivity index (χ3n) is 5.32. The minimum Gasteiger partial charge on any atom is -0.375 e. The Morgan fingerprint density at radius 3 is 2.76 bits per heavy atom. The van der Waals surface area contributed by atoms with Crippen molar-refractivity contribution in [3.05, 3.63) is 46.5 Å². The van der Waals surface area contributed by atoms with Crippen molar-refractivity contribution in [3.63, 3.8) is 0 Å². The van der Waals surface area contributed by atoms with Gasteiger partial charge in [0.2, 0.25) is 5.95 Å². The number of nitrogens with two attached hydrogens (primary N) is 1. The number of aryl methyl sites for hydroxylation is 1.